The fraction of sp³-hybridized carbons (Fsp3) is 1.00. The summed E-state index contributed by atoms with van der Waals surface area (Å²) in [4.78, 5) is 2.29. The second-order valence-corrected chi connectivity index (χ2v) is 7.25. The molecule has 0 saturated heterocycles. The van der Waals surface area contributed by atoms with E-state index in [0.29, 0.717) is 0 Å². The number of nitrogens with two attached hydrogens (primary N) is 1. The van der Waals surface area contributed by atoms with E-state index in [-0.39, 0.29) is 0 Å². The third-order valence-electron chi connectivity index (χ3n) is 4.56. The van der Waals surface area contributed by atoms with Crippen LogP contribution in [-0.4, -0.2) is 32.1 Å². The van der Waals surface area contributed by atoms with Gasteiger partial charge in [0, 0.05) is 0 Å². The smallest absolute Gasteiger partial charge is 0.00248 e. The number of nitrogens with zero attached hydrogens (tertiary/aromatic N) is 1. The van der Waals surface area contributed by atoms with Crippen LogP contribution in [0.3, 0.4) is 0 Å². The quantitative estimate of drug-likeness (QED) is 0.327. The standard InChI is InChI=1S/C20H44N2/c1-22(2)20-18-16-14-12-10-8-6-4-3-5-7-9-11-13-15-17-19-21/h3-21H2,1-2H3. The highest BCUT2D eigenvalue weighted by molar-refractivity contribution is 4.51. The zero-order valence-corrected chi connectivity index (χ0v) is 15.8. The predicted octanol–water partition coefficient (Wildman–Crippen LogP) is 5.75. The van der Waals surface area contributed by atoms with Crippen LogP contribution in [0.4, 0.5) is 0 Å². The van der Waals surface area contributed by atoms with Gasteiger partial charge in [-0.2, -0.15) is 0 Å². The molecule has 0 rings (SSSR count). The largest absolute Gasteiger partial charge is 0.330 e. The summed E-state index contributed by atoms with van der Waals surface area (Å²) in [7, 11) is 4.34. The van der Waals surface area contributed by atoms with Crippen molar-refractivity contribution in [3.63, 3.8) is 0 Å². The minimum atomic E-state index is 0.871. The van der Waals surface area contributed by atoms with Gasteiger partial charge >= 0.3 is 0 Å². The van der Waals surface area contributed by atoms with Gasteiger partial charge < -0.3 is 10.6 Å². The Balaban J connectivity index is 2.94. The summed E-state index contributed by atoms with van der Waals surface area (Å²) in [5, 5.41) is 0. The maximum absolute atomic E-state index is 5.50. The molecule has 134 valence electrons. The van der Waals surface area contributed by atoms with Gasteiger partial charge in [0.05, 0.1) is 0 Å². The van der Waals surface area contributed by atoms with Gasteiger partial charge in [-0.25, -0.2) is 0 Å². The molecule has 2 N–H and O–H groups in total. The molecule has 0 aromatic carbocycles. The van der Waals surface area contributed by atoms with Gasteiger partial charge in [-0.3, -0.25) is 0 Å². The SMILES string of the molecule is CN(C)CCCCCCCCCCCCCCCCCCN. The van der Waals surface area contributed by atoms with Crippen LogP contribution < -0.4 is 5.73 Å². The zero-order valence-electron chi connectivity index (χ0n) is 15.8. The maximum atomic E-state index is 5.50. The molecule has 0 aliphatic heterocycles. The Morgan fingerprint density at radius 3 is 1.00 bits per heavy atom. The molecule has 0 unspecified atom stereocenters. The van der Waals surface area contributed by atoms with Crippen LogP contribution in [0, 0.1) is 0 Å². The van der Waals surface area contributed by atoms with Gasteiger partial charge in [-0.15, -0.1) is 0 Å². The molecule has 0 amide bonds. The van der Waals surface area contributed by atoms with Gasteiger partial charge in [0.1, 0.15) is 0 Å². The first-order valence-electron chi connectivity index (χ1n) is 10.1. The van der Waals surface area contributed by atoms with Crippen molar-refractivity contribution in [3.8, 4) is 0 Å². The van der Waals surface area contributed by atoms with E-state index in [1.165, 1.54) is 109 Å². The molecule has 2 heteroatoms. The summed E-state index contributed by atoms with van der Waals surface area (Å²) < 4.78 is 0. The number of hydrogen-bond donors (Lipinski definition) is 1. The van der Waals surface area contributed by atoms with Crippen LogP contribution in [0.2, 0.25) is 0 Å². The lowest BCUT2D eigenvalue weighted by atomic mass is 10.0. The molecule has 0 bridgehead atoms. The lowest BCUT2D eigenvalue weighted by molar-refractivity contribution is 0.389. The molecule has 0 aliphatic rings. The molecule has 0 aromatic rings. The van der Waals surface area contributed by atoms with Crippen molar-refractivity contribution < 1.29 is 0 Å². The second-order valence-electron chi connectivity index (χ2n) is 7.25. The normalized spacial score (nSPS) is 11.5. The molecule has 0 saturated carbocycles. The summed E-state index contributed by atoms with van der Waals surface area (Å²) in [6.45, 7) is 2.13. The van der Waals surface area contributed by atoms with Crippen molar-refractivity contribution in [2.75, 3.05) is 27.2 Å². The Morgan fingerprint density at radius 1 is 0.455 bits per heavy atom. The van der Waals surface area contributed by atoms with Gasteiger partial charge in [0.2, 0.25) is 0 Å². The maximum Gasteiger partial charge on any atom is -0.00248 e. The third-order valence-corrected chi connectivity index (χ3v) is 4.56. The molecule has 0 spiro atoms. The Bertz CT molecular complexity index is 192. The lowest BCUT2D eigenvalue weighted by Crippen LogP contribution is -2.12. The second kappa shape index (κ2) is 19.0. The summed E-state index contributed by atoms with van der Waals surface area (Å²) in [6.07, 6.45) is 22.7. The van der Waals surface area contributed by atoms with Crippen LogP contribution >= 0.6 is 0 Å². The Morgan fingerprint density at radius 2 is 0.727 bits per heavy atom. The lowest BCUT2D eigenvalue weighted by Gasteiger charge is -2.08. The van der Waals surface area contributed by atoms with E-state index in [1.807, 2.05) is 0 Å². The Hall–Kier alpha value is -0.0800. The highest BCUT2D eigenvalue weighted by atomic mass is 15.0. The topological polar surface area (TPSA) is 29.3 Å². The number of unbranched alkanes of at least 4 members (excludes halogenated alkanes) is 15. The number of hydrogen-bond acceptors (Lipinski definition) is 2. The van der Waals surface area contributed by atoms with Crippen LogP contribution in [0.1, 0.15) is 103 Å². The molecule has 0 aromatic heterocycles. The van der Waals surface area contributed by atoms with E-state index in [4.69, 9.17) is 5.73 Å². The van der Waals surface area contributed by atoms with Crippen LogP contribution in [0.25, 0.3) is 0 Å². The fourth-order valence-corrected chi connectivity index (χ4v) is 3.05. The summed E-state index contributed by atoms with van der Waals surface area (Å²) in [5.74, 6) is 0. The first kappa shape index (κ1) is 21.9. The van der Waals surface area contributed by atoms with Crippen molar-refractivity contribution in [3.05, 3.63) is 0 Å². The Kier molecular flexibility index (Phi) is 18.9. The average molecular weight is 313 g/mol. The molecule has 0 heterocycles. The van der Waals surface area contributed by atoms with E-state index < -0.39 is 0 Å². The van der Waals surface area contributed by atoms with Crippen LogP contribution in [0.5, 0.6) is 0 Å². The molecule has 0 aliphatic carbocycles. The van der Waals surface area contributed by atoms with E-state index >= 15 is 0 Å². The number of rotatable bonds is 18. The highest BCUT2D eigenvalue weighted by Gasteiger charge is 1.95. The molecule has 22 heavy (non-hydrogen) atoms. The summed E-state index contributed by atoms with van der Waals surface area (Å²) in [5.41, 5.74) is 5.50. The van der Waals surface area contributed by atoms with Crippen molar-refractivity contribution in [2.45, 2.75) is 103 Å². The summed E-state index contributed by atoms with van der Waals surface area (Å²) >= 11 is 0. The van der Waals surface area contributed by atoms with E-state index in [2.05, 4.69) is 19.0 Å². The Labute approximate surface area is 141 Å². The average Bonchev–Trinajstić information content (AvgIpc) is 2.50. The van der Waals surface area contributed by atoms with Gasteiger partial charge in [-0.05, 0) is 40.0 Å². The highest BCUT2D eigenvalue weighted by Crippen LogP contribution is 2.13. The monoisotopic (exact) mass is 312 g/mol. The van der Waals surface area contributed by atoms with Crippen molar-refractivity contribution in [1.29, 1.82) is 0 Å². The van der Waals surface area contributed by atoms with Gasteiger partial charge in [0.15, 0.2) is 0 Å². The first-order chi connectivity index (χ1) is 10.8. The van der Waals surface area contributed by atoms with Crippen molar-refractivity contribution in [1.82, 2.24) is 4.90 Å². The minimum absolute atomic E-state index is 0.871. The van der Waals surface area contributed by atoms with Crippen LogP contribution in [-0.2, 0) is 0 Å². The first-order valence-corrected chi connectivity index (χ1v) is 10.1. The molecule has 2 nitrogen and oxygen atoms in total. The molecular formula is C20H44N2. The summed E-state index contributed by atoms with van der Waals surface area (Å²) in [6, 6.07) is 0. The van der Waals surface area contributed by atoms with E-state index in [1.54, 1.807) is 0 Å². The van der Waals surface area contributed by atoms with Gasteiger partial charge in [0.25, 0.3) is 0 Å². The zero-order chi connectivity index (χ0) is 16.3. The van der Waals surface area contributed by atoms with Crippen molar-refractivity contribution >= 4 is 0 Å². The van der Waals surface area contributed by atoms with Crippen LogP contribution in [0.15, 0.2) is 0 Å². The predicted molar refractivity (Wildman–Crippen MR) is 101 cm³/mol. The minimum Gasteiger partial charge on any atom is -0.330 e. The van der Waals surface area contributed by atoms with E-state index in [0.717, 1.165) is 6.54 Å². The molecule has 0 fully saturated rings. The molecule has 0 radical (unpaired) electrons. The molecule has 0 atom stereocenters. The van der Waals surface area contributed by atoms with Crippen molar-refractivity contribution in [2.24, 2.45) is 5.73 Å². The third kappa shape index (κ3) is 19.9. The van der Waals surface area contributed by atoms with E-state index in [9.17, 15) is 0 Å². The van der Waals surface area contributed by atoms with Gasteiger partial charge in [-0.1, -0.05) is 89.9 Å². The molecular weight excluding hydrogens is 268 g/mol. The fourth-order valence-electron chi connectivity index (χ4n) is 3.05.